The van der Waals surface area contributed by atoms with Gasteiger partial charge in [-0.2, -0.15) is 0 Å². The summed E-state index contributed by atoms with van der Waals surface area (Å²) >= 11 is 1.46. The van der Waals surface area contributed by atoms with Crippen molar-refractivity contribution in [2.45, 2.75) is 12.8 Å². The predicted molar refractivity (Wildman–Crippen MR) is 57.1 cm³/mol. The monoisotopic (exact) mass is 208 g/mol. The number of nitrogens with zero attached hydrogens (tertiary/aromatic N) is 3. The van der Waals surface area contributed by atoms with Crippen molar-refractivity contribution in [2.24, 2.45) is 7.05 Å². The summed E-state index contributed by atoms with van der Waals surface area (Å²) in [7, 11) is 2.05. The van der Waals surface area contributed by atoms with Gasteiger partial charge in [0, 0.05) is 25.4 Å². The molecule has 0 atom stereocenters. The van der Waals surface area contributed by atoms with Crippen LogP contribution in [0.2, 0.25) is 0 Å². The van der Waals surface area contributed by atoms with Gasteiger partial charge < -0.3 is 10.3 Å². The van der Waals surface area contributed by atoms with Gasteiger partial charge >= 0.3 is 0 Å². The van der Waals surface area contributed by atoms with Gasteiger partial charge in [0.1, 0.15) is 5.01 Å². The van der Waals surface area contributed by atoms with Crippen LogP contribution in [0.25, 0.3) is 0 Å². The van der Waals surface area contributed by atoms with Crippen molar-refractivity contribution >= 4 is 16.5 Å². The zero-order chi connectivity index (χ0) is 9.97. The molecule has 0 saturated carbocycles. The van der Waals surface area contributed by atoms with Crippen LogP contribution in [-0.4, -0.2) is 14.8 Å². The van der Waals surface area contributed by atoms with Crippen molar-refractivity contribution in [2.75, 3.05) is 5.73 Å². The Morgan fingerprint density at radius 3 is 2.86 bits per heavy atom. The fraction of sp³-hybridized carbons (Fsp3) is 0.333. The molecule has 74 valence electrons. The molecular formula is C9H12N4S. The number of hydrogen-bond acceptors (Lipinski definition) is 4. The van der Waals surface area contributed by atoms with Gasteiger partial charge in [-0.1, -0.05) is 11.3 Å². The van der Waals surface area contributed by atoms with Gasteiger partial charge in [-0.05, 0) is 18.6 Å². The molecule has 0 saturated heterocycles. The highest BCUT2D eigenvalue weighted by Gasteiger charge is 2.03. The van der Waals surface area contributed by atoms with Gasteiger partial charge in [-0.15, -0.1) is 10.2 Å². The second kappa shape index (κ2) is 3.79. The van der Waals surface area contributed by atoms with Crippen LogP contribution in [0.5, 0.6) is 0 Å². The van der Waals surface area contributed by atoms with Crippen molar-refractivity contribution in [3.05, 3.63) is 29.0 Å². The Morgan fingerprint density at radius 1 is 1.43 bits per heavy atom. The number of rotatable bonds is 3. The zero-order valence-corrected chi connectivity index (χ0v) is 8.79. The van der Waals surface area contributed by atoms with E-state index < -0.39 is 0 Å². The van der Waals surface area contributed by atoms with E-state index in [1.54, 1.807) is 0 Å². The predicted octanol–water partition coefficient (Wildman–Crippen LogP) is 1.24. The first-order valence-corrected chi connectivity index (χ1v) is 5.25. The minimum atomic E-state index is 0.548. The summed E-state index contributed by atoms with van der Waals surface area (Å²) in [5, 5.41) is 9.31. The molecule has 0 aliphatic carbocycles. The van der Waals surface area contributed by atoms with Gasteiger partial charge in [-0.3, -0.25) is 0 Å². The Labute approximate surface area is 86.4 Å². The largest absolute Gasteiger partial charge is 0.374 e. The van der Waals surface area contributed by atoms with Crippen LogP contribution in [0.4, 0.5) is 5.13 Å². The van der Waals surface area contributed by atoms with Crippen molar-refractivity contribution in [1.82, 2.24) is 14.8 Å². The van der Waals surface area contributed by atoms with Crippen molar-refractivity contribution in [3.8, 4) is 0 Å². The molecule has 0 bridgehead atoms. The molecule has 2 heterocycles. The summed E-state index contributed by atoms with van der Waals surface area (Å²) in [6.07, 6.45) is 3.94. The van der Waals surface area contributed by atoms with Gasteiger partial charge in [0.15, 0.2) is 0 Å². The van der Waals surface area contributed by atoms with Crippen molar-refractivity contribution in [1.29, 1.82) is 0 Å². The molecule has 2 N–H and O–H groups in total. The first-order chi connectivity index (χ1) is 6.75. The Morgan fingerprint density at radius 2 is 2.29 bits per heavy atom. The average molecular weight is 208 g/mol. The number of anilines is 1. The van der Waals surface area contributed by atoms with E-state index in [4.69, 9.17) is 5.73 Å². The molecule has 2 aromatic heterocycles. The van der Waals surface area contributed by atoms with Crippen LogP contribution >= 0.6 is 11.3 Å². The Balaban J connectivity index is 1.98. The minimum Gasteiger partial charge on any atom is -0.374 e. The van der Waals surface area contributed by atoms with Crippen molar-refractivity contribution < 1.29 is 0 Å². The summed E-state index contributed by atoms with van der Waals surface area (Å²) in [5.41, 5.74) is 6.80. The average Bonchev–Trinajstić information content (AvgIpc) is 2.72. The number of nitrogens with two attached hydrogens (primary N) is 1. The van der Waals surface area contributed by atoms with E-state index in [0.717, 1.165) is 17.8 Å². The maximum Gasteiger partial charge on any atom is 0.203 e. The minimum absolute atomic E-state index is 0.548. The lowest BCUT2D eigenvalue weighted by Gasteiger charge is -2.00. The highest BCUT2D eigenvalue weighted by molar-refractivity contribution is 7.15. The second-order valence-electron chi connectivity index (χ2n) is 3.14. The molecule has 4 nitrogen and oxygen atoms in total. The molecule has 0 spiro atoms. The summed E-state index contributed by atoms with van der Waals surface area (Å²) < 4.78 is 2.12. The van der Waals surface area contributed by atoms with Gasteiger partial charge in [0.2, 0.25) is 5.13 Å². The highest BCUT2D eigenvalue weighted by Crippen LogP contribution is 2.13. The van der Waals surface area contributed by atoms with E-state index in [1.807, 2.05) is 19.3 Å². The molecule has 0 unspecified atom stereocenters. The van der Waals surface area contributed by atoms with Crippen LogP contribution in [-0.2, 0) is 19.9 Å². The topological polar surface area (TPSA) is 56.7 Å². The van der Waals surface area contributed by atoms with E-state index in [1.165, 1.54) is 17.0 Å². The second-order valence-corrected chi connectivity index (χ2v) is 4.24. The maximum absolute atomic E-state index is 5.50. The Hall–Kier alpha value is -1.36. The van der Waals surface area contributed by atoms with E-state index in [9.17, 15) is 0 Å². The summed E-state index contributed by atoms with van der Waals surface area (Å²) in [4.78, 5) is 0. The van der Waals surface area contributed by atoms with Crippen LogP contribution in [0.15, 0.2) is 18.3 Å². The molecular weight excluding hydrogens is 196 g/mol. The first kappa shape index (κ1) is 9.21. The van der Waals surface area contributed by atoms with Gasteiger partial charge in [0.05, 0.1) is 0 Å². The molecule has 0 aliphatic heterocycles. The summed E-state index contributed by atoms with van der Waals surface area (Å²) in [6, 6.07) is 4.16. The molecule has 0 radical (unpaired) electrons. The lowest BCUT2D eigenvalue weighted by atomic mass is 10.2. The third-order valence-electron chi connectivity index (χ3n) is 2.13. The van der Waals surface area contributed by atoms with Crippen LogP contribution < -0.4 is 5.73 Å². The summed E-state index contributed by atoms with van der Waals surface area (Å²) in [5.74, 6) is 0. The molecule has 0 aliphatic rings. The third-order valence-corrected chi connectivity index (χ3v) is 2.94. The lowest BCUT2D eigenvalue weighted by Crippen LogP contribution is -1.97. The number of hydrogen-bond donors (Lipinski definition) is 1. The zero-order valence-electron chi connectivity index (χ0n) is 7.97. The fourth-order valence-corrected chi connectivity index (χ4v) is 1.97. The maximum atomic E-state index is 5.50. The molecule has 0 fully saturated rings. The normalized spacial score (nSPS) is 10.6. The van der Waals surface area contributed by atoms with E-state index in [-0.39, 0.29) is 0 Å². The molecule has 0 aromatic carbocycles. The molecule has 2 rings (SSSR count). The Bertz CT molecular complexity index is 418. The molecule has 5 heteroatoms. The SMILES string of the molecule is Cn1cccc1CCc1nnc(N)s1. The van der Waals surface area contributed by atoms with E-state index in [2.05, 4.69) is 20.8 Å². The van der Waals surface area contributed by atoms with E-state index >= 15 is 0 Å². The molecule has 0 amide bonds. The van der Waals surface area contributed by atoms with Crippen LogP contribution in [0.3, 0.4) is 0 Å². The Kier molecular flexibility index (Phi) is 2.49. The van der Waals surface area contributed by atoms with Gasteiger partial charge in [0.25, 0.3) is 0 Å². The van der Waals surface area contributed by atoms with E-state index in [0.29, 0.717) is 5.13 Å². The molecule has 2 aromatic rings. The standard InChI is InChI=1S/C9H12N4S/c1-13-6-2-3-7(13)4-5-8-11-12-9(10)14-8/h2-3,6H,4-5H2,1H3,(H2,10,12). The van der Waals surface area contributed by atoms with Crippen molar-refractivity contribution in [3.63, 3.8) is 0 Å². The number of nitrogen functional groups attached to an aromatic ring is 1. The quantitative estimate of drug-likeness (QED) is 0.825. The number of aromatic nitrogens is 3. The number of aryl methyl sites for hydroxylation is 3. The van der Waals surface area contributed by atoms with Crippen LogP contribution in [0.1, 0.15) is 10.7 Å². The highest BCUT2D eigenvalue weighted by atomic mass is 32.1. The first-order valence-electron chi connectivity index (χ1n) is 4.44. The smallest absolute Gasteiger partial charge is 0.203 e. The van der Waals surface area contributed by atoms with Gasteiger partial charge in [-0.25, -0.2) is 0 Å². The van der Waals surface area contributed by atoms with Crippen LogP contribution in [0, 0.1) is 0 Å². The third kappa shape index (κ3) is 1.93. The fourth-order valence-electron chi connectivity index (χ4n) is 1.36. The lowest BCUT2D eigenvalue weighted by molar-refractivity contribution is 0.791. The summed E-state index contributed by atoms with van der Waals surface area (Å²) in [6.45, 7) is 0. The molecule has 14 heavy (non-hydrogen) atoms.